The quantitative estimate of drug-likeness (QED) is 0.508. The maximum atomic E-state index is 12.6. The van der Waals surface area contributed by atoms with Crippen LogP contribution >= 0.6 is 11.3 Å². The van der Waals surface area contributed by atoms with Gasteiger partial charge in [0.15, 0.2) is 0 Å². The van der Waals surface area contributed by atoms with Crippen LogP contribution in [-0.2, 0) is 22.5 Å². The second-order valence-electron chi connectivity index (χ2n) is 8.65. The molecule has 178 valence electrons. The summed E-state index contributed by atoms with van der Waals surface area (Å²) in [7, 11) is 0. The number of nitrogens with two attached hydrogens (primary N) is 1. The van der Waals surface area contributed by atoms with Gasteiger partial charge in [-0.25, -0.2) is 9.78 Å². The Labute approximate surface area is 202 Å². The Balaban J connectivity index is 1.60. The molecule has 2 aromatic heterocycles. The van der Waals surface area contributed by atoms with Crippen molar-refractivity contribution < 1.29 is 19.1 Å². The number of primary amides is 1. The number of anilines is 1. The van der Waals surface area contributed by atoms with Crippen molar-refractivity contribution in [1.82, 2.24) is 10.3 Å². The topological polar surface area (TPSA) is 115 Å². The Kier molecular flexibility index (Phi) is 8.01. The van der Waals surface area contributed by atoms with E-state index in [1.807, 2.05) is 24.3 Å². The number of carbonyl (C=O) groups excluding carboxylic acids is 3. The first-order valence-electron chi connectivity index (χ1n) is 10.8. The first-order valence-corrected chi connectivity index (χ1v) is 11.6. The second kappa shape index (κ2) is 10.9. The van der Waals surface area contributed by atoms with E-state index in [-0.39, 0.29) is 11.7 Å². The molecule has 9 heteroatoms. The first kappa shape index (κ1) is 24.9. The molecule has 3 rings (SSSR count). The number of carbonyl (C=O) groups is 3. The van der Waals surface area contributed by atoms with Crippen molar-refractivity contribution in [3.05, 3.63) is 81.7 Å². The Morgan fingerprint density at radius 1 is 1.03 bits per heavy atom. The highest BCUT2D eigenvalue weighted by molar-refractivity contribution is 7.12. The summed E-state index contributed by atoms with van der Waals surface area (Å²) in [6.07, 6.45) is 1.45. The smallest absolute Gasteiger partial charge is 0.416 e. The summed E-state index contributed by atoms with van der Waals surface area (Å²) in [5.41, 5.74) is 6.08. The van der Waals surface area contributed by atoms with Crippen molar-refractivity contribution in [2.45, 2.75) is 39.3 Å². The van der Waals surface area contributed by atoms with Gasteiger partial charge in [-0.2, -0.15) is 0 Å². The second-order valence-corrected chi connectivity index (χ2v) is 9.90. The molecular formula is C25H28N4O4S. The molecule has 0 bridgehead atoms. The van der Waals surface area contributed by atoms with E-state index in [1.165, 1.54) is 28.8 Å². The minimum absolute atomic E-state index is 0.161. The largest absolute Gasteiger partial charge is 0.443 e. The number of thiophene rings is 1. The van der Waals surface area contributed by atoms with Crippen LogP contribution in [0.25, 0.3) is 0 Å². The summed E-state index contributed by atoms with van der Waals surface area (Å²) < 4.78 is 5.32. The van der Waals surface area contributed by atoms with Gasteiger partial charge in [0, 0.05) is 22.4 Å². The predicted molar refractivity (Wildman–Crippen MR) is 132 cm³/mol. The Morgan fingerprint density at radius 2 is 1.74 bits per heavy atom. The number of ether oxygens (including phenoxy) is 1. The molecule has 8 nitrogen and oxygen atoms in total. The maximum absolute atomic E-state index is 12.6. The summed E-state index contributed by atoms with van der Waals surface area (Å²) >= 11 is 1.65. The van der Waals surface area contributed by atoms with Crippen LogP contribution in [0.4, 0.5) is 10.6 Å². The van der Waals surface area contributed by atoms with Crippen LogP contribution in [0.2, 0.25) is 0 Å². The lowest BCUT2D eigenvalue weighted by Gasteiger charge is -2.26. The van der Waals surface area contributed by atoms with E-state index >= 15 is 0 Å². The zero-order chi connectivity index (χ0) is 24.7. The van der Waals surface area contributed by atoms with Crippen molar-refractivity contribution in [3.63, 3.8) is 0 Å². The number of hydrogen-bond donors (Lipinski definition) is 2. The summed E-state index contributed by atoms with van der Waals surface area (Å²) in [4.78, 5) is 43.9. The average molecular weight is 481 g/mol. The molecule has 0 saturated heterocycles. The number of aromatic nitrogens is 1. The van der Waals surface area contributed by atoms with E-state index in [9.17, 15) is 14.4 Å². The van der Waals surface area contributed by atoms with Crippen LogP contribution in [-0.4, -0.2) is 35.0 Å². The third-order valence-electron chi connectivity index (χ3n) is 4.58. The van der Waals surface area contributed by atoms with E-state index in [4.69, 9.17) is 10.5 Å². The lowest BCUT2D eigenvalue weighted by Crippen LogP contribution is -2.42. The molecule has 0 aliphatic carbocycles. The van der Waals surface area contributed by atoms with Gasteiger partial charge in [-0.1, -0.05) is 30.3 Å². The zero-order valence-electron chi connectivity index (χ0n) is 19.4. The molecule has 3 aromatic rings. The van der Waals surface area contributed by atoms with E-state index < -0.39 is 24.1 Å². The third kappa shape index (κ3) is 7.41. The summed E-state index contributed by atoms with van der Waals surface area (Å²) in [6, 6.07) is 17.3. The molecule has 0 unspecified atom stereocenters. The number of amides is 3. The highest BCUT2D eigenvalue weighted by Crippen LogP contribution is 2.20. The van der Waals surface area contributed by atoms with Gasteiger partial charge in [0.1, 0.15) is 18.0 Å². The highest BCUT2D eigenvalue weighted by Gasteiger charge is 2.25. The molecule has 3 amide bonds. The van der Waals surface area contributed by atoms with E-state index in [2.05, 4.69) is 28.5 Å². The van der Waals surface area contributed by atoms with Gasteiger partial charge < -0.3 is 15.8 Å². The van der Waals surface area contributed by atoms with Crippen molar-refractivity contribution >= 4 is 35.1 Å². The lowest BCUT2D eigenvalue weighted by atomic mass is 10.1. The average Bonchev–Trinajstić information content (AvgIpc) is 3.22. The molecular weight excluding hydrogens is 452 g/mol. The summed E-state index contributed by atoms with van der Waals surface area (Å²) in [6.45, 7) is 5.15. The van der Waals surface area contributed by atoms with Crippen molar-refractivity contribution in [3.8, 4) is 0 Å². The normalized spacial score (nSPS) is 11.0. The zero-order valence-corrected chi connectivity index (χ0v) is 20.2. The van der Waals surface area contributed by atoms with Crippen LogP contribution < -0.4 is 16.0 Å². The molecule has 2 heterocycles. The number of rotatable bonds is 8. The van der Waals surface area contributed by atoms with Crippen molar-refractivity contribution in [2.75, 3.05) is 11.4 Å². The standard InChI is InChI=1S/C25H28N4O4S/c1-25(2,3)33-24(32)29(16-21(26)30)22-12-9-18(14-27-22)23(31)28-15-20-11-10-19(34-20)13-17-7-5-4-6-8-17/h4-12,14H,13,15-16H2,1-3H3,(H2,26,30)(H,28,31). The number of nitrogens with one attached hydrogen (secondary N) is 1. The maximum Gasteiger partial charge on any atom is 0.416 e. The van der Waals surface area contributed by atoms with Crippen LogP contribution in [0.15, 0.2) is 60.8 Å². The minimum atomic E-state index is -0.754. The summed E-state index contributed by atoms with van der Waals surface area (Å²) in [5, 5.41) is 2.88. The third-order valence-corrected chi connectivity index (χ3v) is 5.66. The number of hydrogen-bond acceptors (Lipinski definition) is 6. The van der Waals surface area contributed by atoms with Gasteiger partial charge in [-0.15, -0.1) is 11.3 Å². The fourth-order valence-electron chi connectivity index (χ4n) is 3.07. The Morgan fingerprint density at radius 3 is 2.35 bits per heavy atom. The van der Waals surface area contributed by atoms with Crippen molar-refractivity contribution in [1.29, 1.82) is 0 Å². The summed E-state index contributed by atoms with van der Waals surface area (Å²) in [5.74, 6) is -0.846. The van der Waals surface area contributed by atoms with Gasteiger partial charge in [-0.05, 0) is 50.6 Å². The minimum Gasteiger partial charge on any atom is -0.443 e. The van der Waals surface area contributed by atoms with Gasteiger partial charge in [0.05, 0.1) is 12.1 Å². The van der Waals surface area contributed by atoms with Gasteiger partial charge in [0.25, 0.3) is 5.91 Å². The Hall–Kier alpha value is -3.72. The molecule has 34 heavy (non-hydrogen) atoms. The lowest BCUT2D eigenvalue weighted by molar-refractivity contribution is -0.116. The first-order chi connectivity index (χ1) is 16.1. The fraction of sp³-hybridized carbons (Fsp3) is 0.280. The molecule has 1 aromatic carbocycles. The van der Waals surface area contributed by atoms with Gasteiger partial charge in [-0.3, -0.25) is 14.5 Å². The molecule has 0 spiro atoms. The van der Waals surface area contributed by atoms with E-state index in [0.29, 0.717) is 12.1 Å². The number of pyridine rings is 1. The highest BCUT2D eigenvalue weighted by atomic mass is 32.1. The van der Waals surface area contributed by atoms with E-state index in [1.54, 1.807) is 32.1 Å². The predicted octanol–water partition coefficient (Wildman–Crippen LogP) is 3.89. The molecule has 0 radical (unpaired) electrons. The van der Waals surface area contributed by atoms with Gasteiger partial charge >= 0.3 is 6.09 Å². The molecule has 0 saturated carbocycles. The fourth-order valence-corrected chi connectivity index (χ4v) is 4.06. The van der Waals surface area contributed by atoms with Crippen LogP contribution in [0.3, 0.4) is 0 Å². The Bertz CT molecular complexity index is 1140. The van der Waals surface area contributed by atoms with Gasteiger partial charge in [0.2, 0.25) is 5.91 Å². The van der Waals surface area contributed by atoms with E-state index in [0.717, 1.165) is 16.2 Å². The molecule has 0 aliphatic heterocycles. The molecule has 0 atom stereocenters. The van der Waals surface area contributed by atoms with Crippen molar-refractivity contribution in [2.24, 2.45) is 5.73 Å². The van der Waals surface area contributed by atoms with Crippen LogP contribution in [0.1, 0.15) is 46.4 Å². The number of nitrogens with zero attached hydrogens (tertiary/aromatic N) is 2. The molecule has 3 N–H and O–H groups in total. The van der Waals surface area contributed by atoms with Crippen LogP contribution in [0.5, 0.6) is 0 Å². The molecule has 0 aliphatic rings. The van der Waals surface area contributed by atoms with Crippen LogP contribution in [0, 0.1) is 0 Å². The molecule has 0 fully saturated rings. The number of benzene rings is 1. The monoisotopic (exact) mass is 480 g/mol. The SMILES string of the molecule is CC(C)(C)OC(=O)N(CC(N)=O)c1ccc(C(=O)NCc2ccc(Cc3ccccc3)s2)cn1.